The van der Waals surface area contributed by atoms with Crippen LogP contribution >= 0.6 is 0 Å². The minimum Gasteiger partial charge on any atom is -0.399 e. The lowest BCUT2D eigenvalue weighted by atomic mass is 9.80. The van der Waals surface area contributed by atoms with Gasteiger partial charge in [0, 0.05) is 25.0 Å². The number of methoxy groups -OCH3 is 1. The molecule has 0 atom stereocenters. The molecular weight excluding hydrogens is 200 g/mol. The van der Waals surface area contributed by atoms with Crippen LogP contribution in [0.3, 0.4) is 0 Å². The van der Waals surface area contributed by atoms with Crippen molar-refractivity contribution in [3.63, 3.8) is 0 Å². The number of ether oxygens (including phenoxy) is 1. The summed E-state index contributed by atoms with van der Waals surface area (Å²) in [4.78, 5) is 0. The van der Waals surface area contributed by atoms with Gasteiger partial charge in [0.05, 0.1) is 5.60 Å². The fraction of sp³-hybridized carbons (Fsp3) is 0.538. The summed E-state index contributed by atoms with van der Waals surface area (Å²) in [5, 5.41) is 3.45. The molecule has 3 heteroatoms. The molecule has 1 saturated carbocycles. The van der Waals surface area contributed by atoms with Crippen molar-refractivity contribution in [3.05, 3.63) is 23.8 Å². The molecular formula is C13H20N2O. The maximum absolute atomic E-state index is 5.72. The number of anilines is 2. The summed E-state index contributed by atoms with van der Waals surface area (Å²) < 4.78 is 5.57. The number of nitrogen functional groups attached to an aromatic ring is 1. The highest BCUT2D eigenvalue weighted by atomic mass is 16.5. The van der Waals surface area contributed by atoms with Crippen molar-refractivity contribution in [2.45, 2.75) is 31.8 Å². The SMILES string of the molecule is COC1(CNc2ccc(N)cc2C)CCC1. The van der Waals surface area contributed by atoms with Gasteiger partial charge >= 0.3 is 0 Å². The molecule has 1 aromatic carbocycles. The Hall–Kier alpha value is -1.22. The van der Waals surface area contributed by atoms with E-state index in [1.165, 1.54) is 12.0 Å². The fourth-order valence-corrected chi connectivity index (χ4v) is 2.17. The van der Waals surface area contributed by atoms with Gasteiger partial charge in [0.2, 0.25) is 0 Å². The molecule has 1 aromatic rings. The van der Waals surface area contributed by atoms with Gasteiger partial charge in [-0.25, -0.2) is 0 Å². The van der Waals surface area contributed by atoms with Crippen molar-refractivity contribution in [1.82, 2.24) is 0 Å². The van der Waals surface area contributed by atoms with E-state index >= 15 is 0 Å². The summed E-state index contributed by atoms with van der Waals surface area (Å²) in [5.74, 6) is 0. The second-order valence-corrected chi connectivity index (χ2v) is 4.67. The van der Waals surface area contributed by atoms with Crippen LogP contribution in [-0.4, -0.2) is 19.3 Å². The summed E-state index contributed by atoms with van der Waals surface area (Å²) in [6.45, 7) is 2.95. The van der Waals surface area contributed by atoms with Gasteiger partial charge in [-0.1, -0.05) is 0 Å². The second kappa shape index (κ2) is 4.34. The van der Waals surface area contributed by atoms with E-state index in [1.807, 2.05) is 18.2 Å². The molecule has 0 saturated heterocycles. The van der Waals surface area contributed by atoms with E-state index in [-0.39, 0.29) is 5.60 Å². The van der Waals surface area contributed by atoms with Crippen LogP contribution in [0.25, 0.3) is 0 Å². The summed E-state index contributed by atoms with van der Waals surface area (Å²) in [5.41, 5.74) is 8.93. The average molecular weight is 220 g/mol. The van der Waals surface area contributed by atoms with Gasteiger partial charge in [-0.3, -0.25) is 0 Å². The van der Waals surface area contributed by atoms with Crippen molar-refractivity contribution in [2.75, 3.05) is 24.7 Å². The quantitative estimate of drug-likeness (QED) is 0.767. The highest BCUT2D eigenvalue weighted by molar-refractivity contribution is 5.57. The Bertz CT molecular complexity index is 367. The van der Waals surface area contributed by atoms with Gasteiger partial charge in [0.25, 0.3) is 0 Å². The average Bonchev–Trinajstić information content (AvgIpc) is 2.19. The number of hydrogen-bond donors (Lipinski definition) is 2. The third-order valence-electron chi connectivity index (χ3n) is 3.55. The fourth-order valence-electron chi connectivity index (χ4n) is 2.17. The largest absolute Gasteiger partial charge is 0.399 e. The number of aryl methyl sites for hydroxylation is 1. The molecule has 0 bridgehead atoms. The maximum atomic E-state index is 5.72. The molecule has 0 spiro atoms. The minimum atomic E-state index is 0.0633. The Morgan fingerprint density at radius 2 is 2.19 bits per heavy atom. The van der Waals surface area contributed by atoms with E-state index in [0.29, 0.717) is 0 Å². The Balaban J connectivity index is 1.99. The van der Waals surface area contributed by atoms with Crippen molar-refractivity contribution in [2.24, 2.45) is 0 Å². The molecule has 0 unspecified atom stereocenters. The predicted octanol–water partition coefficient (Wildman–Crippen LogP) is 2.56. The topological polar surface area (TPSA) is 47.3 Å². The molecule has 0 heterocycles. The number of hydrogen-bond acceptors (Lipinski definition) is 3. The lowest BCUT2D eigenvalue weighted by molar-refractivity contribution is -0.0601. The van der Waals surface area contributed by atoms with Gasteiger partial charge in [0.1, 0.15) is 0 Å². The third-order valence-corrected chi connectivity index (χ3v) is 3.55. The zero-order chi connectivity index (χ0) is 11.6. The number of rotatable bonds is 4. The standard InChI is InChI=1S/C13H20N2O/c1-10-8-11(14)4-5-12(10)15-9-13(16-2)6-3-7-13/h4-5,8,15H,3,6-7,9,14H2,1-2H3. The molecule has 3 N–H and O–H groups in total. The lowest BCUT2D eigenvalue weighted by Gasteiger charge is -2.40. The summed E-state index contributed by atoms with van der Waals surface area (Å²) in [6.07, 6.45) is 3.59. The van der Waals surface area contributed by atoms with Gasteiger partial charge in [0.15, 0.2) is 0 Å². The molecule has 2 rings (SSSR count). The molecule has 1 fully saturated rings. The minimum absolute atomic E-state index is 0.0633. The first-order valence-corrected chi connectivity index (χ1v) is 5.80. The maximum Gasteiger partial charge on any atom is 0.0850 e. The molecule has 16 heavy (non-hydrogen) atoms. The number of nitrogens with two attached hydrogens (primary N) is 1. The van der Waals surface area contributed by atoms with Crippen molar-refractivity contribution < 1.29 is 4.74 Å². The van der Waals surface area contributed by atoms with E-state index in [9.17, 15) is 0 Å². The summed E-state index contributed by atoms with van der Waals surface area (Å²) in [6, 6.07) is 5.95. The zero-order valence-corrected chi connectivity index (χ0v) is 10.0. The second-order valence-electron chi connectivity index (χ2n) is 4.67. The van der Waals surface area contributed by atoms with Gasteiger partial charge in [-0.2, -0.15) is 0 Å². The molecule has 1 aliphatic carbocycles. The first-order valence-electron chi connectivity index (χ1n) is 5.80. The van der Waals surface area contributed by atoms with Crippen LogP contribution < -0.4 is 11.1 Å². The monoisotopic (exact) mass is 220 g/mol. The van der Waals surface area contributed by atoms with Crippen LogP contribution in [-0.2, 0) is 4.74 Å². The van der Waals surface area contributed by atoms with E-state index in [2.05, 4.69) is 12.2 Å². The Morgan fingerprint density at radius 3 is 2.69 bits per heavy atom. The van der Waals surface area contributed by atoms with Crippen LogP contribution in [0.2, 0.25) is 0 Å². The van der Waals surface area contributed by atoms with Crippen LogP contribution in [0.15, 0.2) is 18.2 Å². The normalized spacial score (nSPS) is 17.9. The molecule has 3 nitrogen and oxygen atoms in total. The summed E-state index contributed by atoms with van der Waals surface area (Å²) in [7, 11) is 1.80. The third kappa shape index (κ3) is 2.14. The Labute approximate surface area is 97.0 Å². The molecule has 0 radical (unpaired) electrons. The first-order chi connectivity index (χ1) is 7.65. The highest BCUT2D eigenvalue weighted by Gasteiger charge is 2.36. The Morgan fingerprint density at radius 1 is 1.44 bits per heavy atom. The molecule has 88 valence electrons. The smallest absolute Gasteiger partial charge is 0.0850 e. The van der Waals surface area contributed by atoms with E-state index < -0.39 is 0 Å². The predicted molar refractivity (Wildman–Crippen MR) is 67.7 cm³/mol. The van der Waals surface area contributed by atoms with Gasteiger partial charge < -0.3 is 15.8 Å². The van der Waals surface area contributed by atoms with Crippen LogP contribution in [0.5, 0.6) is 0 Å². The molecule has 0 amide bonds. The van der Waals surface area contributed by atoms with E-state index in [0.717, 1.165) is 30.8 Å². The molecule has 0 aromatic heterocycles. The molecule has 0 aliphatic heterocycles. The highest BCUT2D eigenvalue weighted by Crippen LogP contribution is 2.35. The Kier molecular flexibility index (Phi) is 3.06. The lowest BCUT2D eigenvalue weighted by Crippen LogP contribution is -2.45. The first kappa shape index (κ1) is 11.3. The van der Waals surface area contributed by atoms with Crippen LogP contribution in [0.4, 0.5) is 11.4 Å². The number of nitrogens with one attached hydrogen (secondary N) is 1. The van der Waals surface area contributed by atoms with E-state index in [1.54, 1.807) is 7.11 Å². The van der Waals surface area contributed by atoms with Gasteiger partial charge in [-0.15, -0.1) is 0 Å². The van der Waals surface area contributed by atoms with Crippen molar-refractivity contribution in [1.29, 1.82) is 0 Å². The molecule has 1 aliphatic rings. The zero-order valence-electron chi connectivity index (χ0n) is 10.0. The van der Waals surface area contributed by atoms with Crippen molar-refractivity contribution >= 4 is 11.4 Å². The summed E-state index contributed by atoms with van der Waals surface area (Å²) >= 11 is 0. The van der Waals surface area contributed by atoms with Gasteiger partial charge in [-0.05, 0) is 49.9 Å². The van der Waals surface area contributed by atoms with Crippen LogP contribution in [0.1, 0.15) is 24.8 Å². The van der Waals surface area contributed by atoms with E-state index in [4.69, 9.17) is 10.5 Å². The van der Waals surface area contributed by atoms with Crippen molar-refractivity contribution in [3.8, 4) is 0 Å². The number of benzene rings is 1. The van der Waals surface area contributed by atoms with Crippen LogP contribution in [0, 0.1) is 6.92 Å².